The van der Waals surface area contributed by atoms with Gasteiger partial charge in [0, 0.05) is 20.0 Å². The highest BCUT2D eigenvalue weighted by molar-refractivity contribution is 5.85. The van der Waals surface area contributed by atoms with Crippen LogP contribution in [-0.2, 0) is 14.4 Å². The average molecular weight is 284 g/mol. The van der Waals surface area contributed by atoms with Crippen LogP contribution in [0.3, 0.4) is 0 Å². The molecule has 6 heteroatoms. The van der Waals surface area contributed by atoms with E-state index >= 15 is 0 Å². The van der Waals surface area contributed by atoms with Crippen LogP contribution in [0.25, 0.3) is 0 Å². The van der Waals surface area contributed by atoms with Crippen molar-refractivity contribution < 1.29 is 19.5 Å². The second-order valence-electron chi connectivity index (χ2n) is 5.35. The van der Waals surface area contributed by atoms with Crippen molar-refractivity contribution >= 4 is 17.8 Å². The molecule has 0 aromatic heterocycles. The summed E-state index contributed by atoms with van der Waals surface area (Å²) in [5.74, 6) is -1.58. The van der Waals surface area contributed by atoms with E-state index in [0.717, 1.165) is 19.3 Å². The molecule has 0 saturated carbocycles. The summed E-state index contributed by atoms with van der Waals surface area (Å²) in [6.07, 6.45) is 3.59. The van der Waals surface area contributed by atoms with E-state index in [4.69, 9.17) is 5.11 Å². The lowest BCUT2D eigenvalue weighted by molar-refractivity contribution is -0.143. The van der Waals surface area contributed by atoms with Gasteiger partial charge in [0.15, 0.2) is 0 Å². The van der Waals surface area contributed by atoms with Crippen LogP contribution in [0.15, 0.2) is 0 Å². The minimum absolute atomic E-state index is 0.0386. The van der Waals surface area contributed by atoms with Crippen molar-refractivity contribution in [2.45, 2.75) is 52.0 Å². The zero-order valence-electron chi connectivity index (χ0n) is 12.2. The van der Waals surface area contributed by atoms with Crippen LogP contribution >= 0.6 is 0 Å². The van der Waals surface area contributed by atoms with Gasteiger partial charge in [-0.3, -0.25) is 9.59 Å². The number of nitrogens with one attached hydrogen (secondary N) is 1. The Hall–Kier alpha value is -1.59. The lowest BCUT2D eigenvalue weighted by Crippen LogP contribution is -2.49. The molecule has 0 radical (unpaired) electrons. The molecule has 2 N–H and O–H groups in total. The van der Waals surface area contributed by atoms with E-state index in [1.165, 1.54) is 6.92 Å². The normalized spacial score (nSPS) is 20.3. The van der Waals surface area contributed by atoms with Crippen molar-refractivity contribution in [3.8, 4) is 0 Å². The number of hydrogen-bond acceptors (Lipinski definition) is 3. The van der Waals surface area contributed by atoms with E-state index in [2.05, 4.69) is 5.32 Å². The topological polar surface area (TPSA) is 86.7 Å². The fraction of sp³-hybridized carbons (Fsp3) is 0.786. The first-order valence-corrected chi connectivity index (χ1v) is 7.24. The Balaban J connectivity index is 2.55. The maximum Gasteiger partial charge on any atom is 0.326 e. The third kappa shape index (κ3) is 4.83. The lowest BCUT2D eigenvalue weighted by Gasteiger charge is -2.31. The van der Waals surface area contributed by atoms with Gasteiger partial charge in [0.25, 0.3) is 0 Å². The molecule has 0 bridgehead atoms. The van der Waals surface area contributed by atoms with Gasteiger partial charge in [-0.25, -0.2) is 4.79 Å². The predicted molar refractivity (Wildman–Crippen MR) is 74.1 cm³/mol. The summed E-state index contributed by atoms with van der Waals surface area (Å²) in [5.41, 5.74) is 0. The summed E-state index contributed by atoms with van der Waals surface area (Å²) >= 11 is 0. The maximum atomic E-state index is 12.1. The summed E-state index contributed by atoms with van der Waals surface area (Å²) in [7, 11) is 0. The number of aliphatic carboxylic acids is 1. The van der Waals surface area contributed by atoms with Gasteiger partial charge in [-0.2, -0.15) is 0 Å². The summed E-state index contributed by atoms with van der Waals surface area (Å²) in [4.78, 5) is 36.2. The SMILES string of the molecule is CCCC[C@H](NC(=O)C1CCCN(C(C)=O)C1)C(=O)O. The van der Waals surface area contributed by atoms with Crippen LogP contribution in [0.5, 0.6) is 0 Å². The first kappa shape index (κ1) is 16.5. The smallest absolute Gasteiger partial charge is 0.326 e. The van der Waals surface area contributed by atoms with E-state index in [1.54, 1.807) is 4.90 Å². The molecule has 6 nitrogen and oxygen atoms in total. The monoisotopic (exact) mass is 284 g/mol. The number of carbonyl (C=O) groups excluding carboxylic acids is 2. The highest BCUT2D eigenvalue weighted by Gasteiger charge is 2.29. The Kier molecular flexibility index (Phi) is 6.48. The summed E-state index contributed by atoms with van der Waals surface area (Å²) in [5, 5.41) is 11.7. The summed E-state index contributed by atoms with van der Waals surface area (Å²) < 4.78 is 0. The van der Waals surface area contributed by atoms with Crippen molar-refractivity contribution in [3.05, 3.63) is 0 Å². The Morgan fingerprint density at radius 3 is 2.65 bits per heavy atom. The van der Waals surface area contributed by atoms with Crippen molar-refractivity contribution in [1.29, 1.82) is 0 Å². The van der Waals surface area contributed by atoms with E-state index in [0.29, 0.717) is 25.9 Å². The molecule has 0 aromatic rings. The predicted octanol–water partition coefficient (Wildman–Crippen LogP) is 1.00. The van der Waals surface area contributed by atoms with E-state index in [1.807, 2.05) is 6.92 Å². The third-order valence-corrected chi connectivity index (χ3v) is 3.70. The molecule has 2 atom stereocenters. The molecule has 1 unspecified atom stereocenters. The minimum atomic E-state index is -0.994. The number of unbranched alkanes of at least 4 members (excludes halogenated alkanes) is 1. The van der Waals surface area contributed by atoms with Gasteiger partial charge in [-0.1, -0.05) is 19.8 Å². The fourth-order valence-electron chi connectivity index (χ4n) is 2.43. The Labute approximate surface area is 119 Å². The number of rotatable bonds is 6. The first-order chi connectivity index (χ1) is 9.45. The van der Waals surface area contributed by atoms with Gasteiger partial charge in [0.05, 0.1) is 5.92 Å². The Bertz CT molecular complexity index is 370. The Morgan fingerprint density at radius 1 is 1.40 bits per heavy atom. The number of amides is 2. The van der Waals surface area contributed by atoms with Crippen LogP contribution < -0.4 is 5.32 Å². The molecule has 0 aromatic carbocycles. The highest BCUT2D eigenvalue weighted by atomic mass is 16.4. The molecule has 1 aliphatic heterocycles. The summed E-state index contributed by atoms with van der Waals surface area (Å²) in [6, 6.07) is -0.824. The third-order valence-electron chi connectivity index (χ3n) is 3.70. The van der Waals surface area contributed by atoms with Crippen LogP contribution in [0.1, 0.15) is 46.0 Å². The molecule has 1 saturated heterocycles. The zero-order valence-corrected chi connectivity index (χ0v) is 12.2. The Morgan fingerprint density at radius 2 is 2.10 bits per heavy atom. The average Bonchev–Trinajstić information content (AvgIpc) is 2.42. The number of nitrogens with zero attached hydrogens (tertiary/aromatic N) is 1. The molecular formula is C14H24N2O4. The second kappa shape index (κ2) is 7.87. The lowest BCUT2D eigenvalue weighted by atomic mass is 9.96. The molecule has 0 aliphatic carbocycles. The molecule has 1 rings (SSSR count). The second-order valence-corrected chi connectivity index (χ2v) is 5.35. The number of piperidine rings is 1. The van der Waals surface area contributed by atoms with Crippen molar-refractivity contribution in [3.63, 3.8) is 0 Å². The van der Waals surface area contributed by atoms with Gasteiger partial charge in [0.1, 0.15) is 6.04 Å². The molecule has 1 aliphatic rings. The molecule has 1 fully saturated rings. The van der Waals surface area contributed by atoms with Crippen molar-refractivity contribution in [2.24, 2.45) is 5.92 Å². The number of hydrogen-bond donors (Lipinski definition) is 2. The van der Waals surface area contributed by atoms with Gasteiger partial charge in [-0.05, 0) is 19.3 Å². The van der Waals surface area contributed by atoms with Crippen LogP contribution in [-0.4, -0.2) is 46.9 Å². The quantitative estimate of drug-likeness (QED) is 0.762. The van der Waals surface area contributed by atoms with Crippen LogP contribution in [0, 0.1) is 5.92 Å². The van der Waals surface area contributed by atoms with Crippen LogP contribution in [0.2, 0.25) is 0 Å². The van der Waals surface area contributed by atoms with Crippen LogP contribution in [0.4, 0.5) is 0 Å². The molecular weight excluding hydrogens is 260 g/mol. The largest absolute Gasteiger partial charge is 0.480 e. The molecule has 0 spiro atoms. The van der Waals surface area contributed by atoms with Crippen molar-refractivity contribution in [2.75, 3.05) is 13.1 Å². The van der Waals surface area contributed by atoms with Gasteiger partial charge < -0.3 is 15.3 Å². The van der Waals surface area contributed by atoms with Gasteiger partial charge in [-0.15, -0.1) is 0 Å². The highest BCUT2D eigenvalue weighted by Crippen LogP contribution is 2.17. The van der Waals surface area contributed by atoms with Gasteiger partial charge in [0.2, 0.25) is 11.8 Å². The standard InChI is InChI=1S/C14H24N2O4/c1-3-4-7-12(14(19)20)15-13(18)11-6-5-8-16(9-11)10(2)17/h11-12H,3-9H2,1-2H3,(H,15,18)(H,19,20)/t11?,12-/m0/s1. The molecule has 2 amide bonds. The molecule has 1 heterocycles. The zero-order chi connectivity index (χ0) is 15.1. The fourth-order valence-corrected chi connectivity index (χ4v) is 2.43. The first-order valence-electron chi connectivity index (χ1n) is 7.24. The molecule has 114 valence electrons. The van der Waals surface area contributed by atoms with E-state index < -0.39 is 12.0 Å². The number of likely N-dealkylation sites (tertiary alicyclic amines) is 1. The van der Waals surface area contributed by atoms with Crippen molar-refractivity contribution in [1.82, 2.24) is 10.2 Å². The van der Waals surface area contributed by atoms with E-state index in [-0.39, 0.29) is 17.7 Å². The van der Waals surface area contributed by atoms with Gasteiger partial charge >= 0.3 is 5.97 Å². The molecule has 20 heavy (non-hydrogen) atoms. The van der Waals surface area contributed by atoms with E-state index in [9.17, 15) is 14.4 Å². The maximum absolute atomic E-state index is 12.1. The number of carbonyl (C=O) groups is 3. The number of carboxylic acid groups (broad SMARTS) is 1. The summed E-state index contributed by atoms with van der Waals surface area (Å²) in [6.45, 7) is 4.53. The number of carboxylic acids is 1. The minimum Gasteiger partial charge on any atom is -0.480 e.